The molecule has 0 atom stereocenters. The van der Waals surface area contributed by atoms with Crippen molar-refractivity contribution < 1.29 is 27.6 Å². The summed E-state index contributed by atoms with van der Waals surface area (Å²) in [6.45, 7) is 3.79. The zero-order chi connectivity index (χ0) is 10.9. The molecule has 0 aliphatic heterocycles. The zero-order valence-electron chi connectivity index (χ0n) is 7.26. The molecule has 0 saturated carbocycles. The molecular formula is C6H12O6S. The summed E-state index contributed by atoms with van der Waals surface area (Å²) in [5.74, 6) is -0.941. The van der Waals surface area contributed by atoms with E-state index in [1.165, 1.54) is 13.2 Å². The Morgan fingerprint density at radius 2 is 1.92 bits per heavy atom. The molecule has 0 aliphatic carbocycles. The molecule has 0 unspecified atom stereocenters. The standard InChI is InChI=1S/C6H10O3.H2O3S/c1-3-9-4-5(2)6(7)8;1-4(2)3/h4H,3H2,1-2H3,(H,7,8);4H,(H,1,2,3). The molecule has 13 heavy (non-hydrogen) atoms. The number of hydrogen-bond donors (Lipinski definition) is 3. The van der Waals surface area contributed by atoms with Crippen LogP contribution in [0.15, 0.2) is 11.8 Å². The molecule has 0 aromatic rings. The van der Waals surface area contributed by atoms with Crippen LogP contribution in [0.1, 0.15) is 13.8 Å². The van der Waals surface area contributed by atoms with Gasteiger partial charge >= 0.3 is 5.97 Å². The fourth-order valence-corrected chi connectivity index (χ4v) is 0.259. The van der Waals surface area contributed by atoms with E-state index in [-0.39, 0.29) is 5.57 Å². The molecule has 0 amide bonds. The summed E-state index contributed by atoms with van der Waals surface area (Å²) in [4.78, 5) is 10.1. The highest BCUT2D eigenvalue weighted by atomic mass is 32.2. The molecular weight excluding hydrogens is 200 g/mol. The third kappa shape index (κ3) is 18.1. The average Bonchev–Trinajstić information content (AvgIpc) is 1.98. The van der Waals surface area contributed by atoms with Gasteiger partial charge in [-0.2, -0.15) is 0 Å². The summed E-state index contributed by atoms with van der Waals surface area (Å²) in [7, 11) is -3.12. The quantitative estimate of drug-likeness (QED) is 0.265. The van der Waals surface area contributed by atoms with Crippen LogP contribution in [0.2, 0.25) is 0 Å². The fourth-order valence-electron chi connectivity index (χ4n) is 0.259. The van der Waals surface area contributed by atoms with Crippen LogP contribution in [-0.2, 0) is 20.5 Å². The molecule has 0 aromatic carbocycles. The highest BCUT2D eigenvalue weighted by Crippen LogP contribution is 1.91. The van der Waals surface area contributed by atoms with Crippen molar-refractivity contribution in [3.8, 4) is 0 Å². The van der Waals surface area contributed by atoms with Crippen LogP contribution in [0.3, 0.4) is 0 Å². The van der Waals surface area contributed by atoms with E-state index in [4.69, 9.17) is 22.8 Å². The maximum absolute atomic E-state index is 10.1. The second kappa shape index (κ2) is 9.01. The van der Waals surface area contributed by atoms with Crippen LogP contribution in [0, 0.1) is 0 Å². The van der Waals surface area contributed by atoms with Gasteiger partial charge in [-0.25, -0.2) is 13.2 Å². The van der Waals surface area contributed by atoms with E-state index >= 15 is 0 Å². The lowest BCUT2D eigenvalue weighted by Gasteiger charge is -1.93. The minimum atomic E-state index is -3.12. The minimum Gasteiger partial charge on any atom is -0.501 e. The van der Waals surface area contributed by atoms with Gasteiger partial charge in [0.2, 0.25) is 0 Å². The van der Waals surface area contributed by atoms with Crippen LogP contribution in [0.5, 0.6) is 0 Å². The Morgan fingerprint density at radius 3 is 2.15 bits per heavy atom. The third-order valence-corrected chi connectivity index (χ3v) is 0.764. The van der Waals surface area contributed by atoms with Gasteiger partial charge in [0.1, 0.15) is 0 Å². The Balaban J connectivity index is 0. The molecule has 2 N–H and O–H groups in total. The molecule has 7 heteroatoms. The molecule has 78 valence electrons. The normalized spacial score (nSPS) is 10.3. The molecule has 0 heterocycles. The van der Waals surface area contributed by atoms with Gasteiger partial charge in [0.25, 0.3) is 11.0 Å². The first-order chi connectivity index (χ1) is 5.91. The van der Waals surface area contributed by atoms with Crippen molar-refractivity contribution in [1.29, 1.82) is 0 Å². The Hall–Kier alpha value is -1.08. The fraction of sp³-hybridized carbons (Fsp3) is 0.500. The lowest BCUT2D eigenvalue weighted by Crippen LogP contribution is -1.96. The first-order valence-electron chi connectivity index (χ1n) is 3.26. The van der Waals surface area contributed by atoms with Crippen molar-refractivity contribution in [2.45, 2.75) is 13.8 Å². The monoisotopic (exact) mass is 212 g/mol. The van der Waals surface area contributed by atoms with Gasteiger partial charge in [-0.15, -0.1) is 0 Å². The number of carboxylic acids is 1. The summed E-state index contributed by atoms with van der Waals surface area (Å²) >= 11 is 0. The average molecular weight is 212 g/mol. The lowest BCUT2D eigenvalue weighted by atomic mass is 10.3. The first-order valence-corrected chi connectivity index (χ1v) is 4.39. The molecule has 0 aromatic heterocycles. The topological polar surface area (TPSA) is 101 Å². The number of ether oxygens (including phenoxy) is 1. The smallest absolute Gasteiger partial charge is 0.334 e. The molecule has 0 fully saturated rings. The van der Waals surface area contributed by atoms with Crippen molar-refractivity contribution in [2.24, 2.45) is 0 Å². The summed E-state index contributed by atoms with van der Waals surface area (Å²) in [6, 6.07) is 0. The molecule has 0 bridgehead atoms. The number of aliphatic carboxylic acids is 1. The van der Waals surface area contributed by atoms with Crippen molar-refractivity contribution in [3.63, 3.8) is 0 Å². The maximum Gasteiger partial charge on any atom is 0.334 e. The van der Waals surface area contributed by atoms with Gasteiger partial charge in [0, 0.05) is 0 Å². The Bertz CT molecular complexity index is 234. The molecule has 0 rings (SSSR count). The number of thiol groups is 1. The van der Waals surface area contributed by atoms with Crippen LogP contribution in [-0.4, -0.2) is 30.7 Å². The SMILES string of the molecule is CCOC=C(C)C(=O)O.O=[SH](=O)O. The summed E-state index contributed by atoms with van der Waals surface area (Å²) in [6.07, 6.45) is 1.24. The Morgan fingerprint density at radius 1 is 1.54 bits per heavy atom. The highest BCUT2D eigenvalue weighted by Gasteiger charge is 1.97. The van der Waals surface area contributed by atoms with E-state index in [2.05, 4.69) is 0 Å². The van der Waals surface area contributed by atoms with E-state index in [0.29, 0.717) is 6.61 Å². The second-order valence-electron chi connectivity index (χ2n) is 1.80. The van der Waals surface area contributed by atoms with Crippen molar-refractivity contribution in [3.05, 3.63) is 11.8 Å². The van der Waals surface area contributed by atoms with E-state index in [0.717, 1.165) is 0 Å². The predicted octanol–water partition coefficient (Wildman–Crippen LogP) is 0.0821. The van der Waals surface area contributed by atoms with Gasteiger partial charge < -0.3 is 9.84 Å². The molecule has 0 radical (unpaired) electrons. The van der Waals surface area contributed by atoms with E-state index in [9.17, 15) is 4.79 Å². The number of carboxylic acid groups (broad SMARTS) is 1. The van der Waals surface area contributed by atoms with Crippen molar-refractivity contribution in [2.75, 3.05) is 6.61 Å². The zero-order valence-corrected chi connectivity index (χ0v) is 8.15. The van der Waals surface area contributed by atoms with Crippen LogP contribution < -0.4 is 0 Å². The second-order valence-corrected chi connectivity index (χ2v) is 2.27. The maximum atomic E-state index is 10.1. The molecule has 0 aliphatic rings. The van der Waals surface area contributed by atoms with Gasteiger partial charge in [-0.05, 0) is 13.8 Å². The molecule has 6 nitrogen and oxygen atoms in total. The first kappa shape index (κ1) is 14.4. The summed E-state index contributed by atoms with van der Waals surface area (Å²) in [5.41, 5.74) is 0.219. The Kier molecular flexibility index (Phi) is 10.0. The van der Waals surface area contributed by atoms with Gasteiger partial charge in [0.15, 0.2) is 0 Å². The predicted molar refractivity (Wildman–Crippen MR) is 46.0 cm³/mol. The van der Waals surface area contributed by atoms with E-state index in [1.54, 1.807) is 6.92 Å². The number of hydrogen-bond acceptors (Lipinski definition) is 4. The lowest BCUT2D eigenvalue weighted by molar-refractivity contribution is -0.132. The minimum absolute atomic E-state index is 0.219. The summed E-state index contributed by atoms with van der Waals surface area (Å²) in [5, 5.41) is 8.26. The van der Waals surface area contributed by atoms with E-state index in [1.807, 2.05) is 0 Å². The van der Waals surface area contributed by atoms with Crippen LogP contribution in [0.4, 0.5) is 0 Å². The van der Waals surface area contributed by atoms with E-state index < -0.39 is 17.0 Å². The van der Waals surface area contributed by atoms with Crippen LogP contribution in [0.25, 0.3) is 0 Å². The van der Waals surface area contributed by atoms with Crippen LogP contribution >= 0.6 is 0 Å². The third-order valence-electron chi connectivity index (χ3n) is 0.764. The van der Waals surface area contributed by atoms with Crippen molar-refractivity contribution in [1.82, 2.24) is 0 Å². The molecule has 0 spiro atoms. The highest BCUT2D eigenvalue weighted by molar-refractivity contribution is 7.66. The van der Waals surface area contributed by atoms with Gasteiger partial charge in [0.05, 0.1) is 18.4 Å². The largest absolute Gasteiger partial charge is 0.501 e. The number of rotatable bonds is 3. The Labute approximate surface area is 77.6 Å². The molecule has 0 saturated heterocycles. The number of carbonyl (C=O) groups is 1. The van der Waals surface area contributed by atoms with Gasteiger partial charge in [-0.1, -0.05) is 0 Å². The van der Waals surface area contributed by atoms with Gasteiger partial charge in [-0.3, -0.25) is 4.55 Å². The summed E-state index contributed by atoms with van der Waals surface area (Å²) < 4.78 is 28.9. The van der Waals surface area contributed by atoms with Crippen molar-refractivity contribution >= 4 is 17.0 Å².